The van der Waals surface area contributed by atoms with Crippen LogP contribution in [-0.2, 0) is 14.4 Å². The van der Waals surface area contributed by atoms with Crippen molar-refractivity contribution in [2.75, 3.05) is 37.4 Å². The molecule has 0 aromatic carbocycles. The van der Waals surface area contributed by atoms with Crippen molar-refractivity contribution in [2.24, 2.45) is 10.1 Å². The first-order chi connectivity index (χ1) is 18.2. The van der Waals surface area contributed by atoms with Gasteiger partial charge < -0.3 is 21.4 Å². The first-order valence-corrected chi connectivity index (χ1v) is 15.6. The Bertz CT molecular complexity index is 1290. The van der Waals surface area contributed by atoms with Crippen LogP contribution >= 0.6 is 46.6 Å². The minimum absolute atomic E-state index is 0.0378. The lowest BCUT2D eigenvalue weighted by Crippen LogP contribution is -2.71. The number of carboxylic acids is 1. The molecule has 5 N–H and O–H groups in total. The van der Waals surface area contributed by atoms with Crippen molar-refractivity contribution in [2.45, 2.75) is 28.8 Å². The first-order valence-electron chi connectivity index (χ1n) is 11.7. The molecule has 2 unspecified atom stereocenters. The number of β-lactam (4-membered cyclic amide) rings is 1. The van der Waals surface area contributed by atoms with E-state index in [9.17, 15) is 24.7 Å². The second kappa shape index (κ2) is 10.9. The number of oxime groups is 1. The molecule has 38 heavy (non-hydrogen) atoms. The van der Waals surface area contributed by atoms with Gasteiger partial charge in [-0.05, 0) is 5.57 Å². The lowest BCUT2D eigenvalue weighted by atomic mass is 10.0. The number of hydrogen-bond acceptors (Lipinski definition) is 12. The second-order valence-electron chi connectivity index (χ2n) is 9.26. The molecule has 2 fully saturated rings. The number of fused-ring (bicyclic) bond motifs is 1. The zero-order chi connectivity index (χ0) is 27.0. The highest BCUT2D eigenvalue weighted by molar-refractivity contribution is 8.19. The summed E-state index contributed by atoms with van der Waals surface area (Å²) in [6.45, 7) is 2.18. The number of thioether (sulfide) groups is 3. The number of likely N-dealkylation sites (tertiary alicyclic amines) is 1. The summed E-state index contributed by atoms with van der Waals surface area (Å²) in [5, 5.41) is 28.0. The number of aromatic nitrogens is 1. The minimum atomic E-state index is -1.18. The van der Waals surface area contributed by atoms with Crippen LogP contribution in [0.25, 0.3) is 0 Å². The van der Waals surface area contributed by atoms with Crippen LogP contribution < -0.4 is 11.1 Å². The quantitative estimate of drug-likeness (QED) is 0.114. The maximum atomic E-state index is 13.0. The highest BCUT2D eigenvalue weighted by atomic mass is 32.2. The summed E-state index contributed by atoms with van der Waals surface area (Å²) in [6.07, 6.45) is 4.32. The maximum absolute atomic E-state index is 13.0. The molecule has 5 rings (SSSR count). The van der Waals surface area contributed by atoms with Gasteiger partial charge in [0.15, 0.2) is 10.8 Å². The Morgan fingerprint density at radius 1 is 1.37 bits per heavy atom. The van der Waals surface area contributed by atoms with Crippen molar-refractivity contribution in [3.8, 4) is 0 Å². The van der Waals surface area contributed by atoms with Gasteiger partial charge in [0.25, 0.3) is 11.8 Å². The van der Waals surface area contributed by atoms with Crippen molar-refractivity contribution in [1.82, 2.24) is 15.2 Å². The highest BCUT2D eigenvalue weighted by Gasteiger charge is 2.54. The molecule has 0 radical (unpaired) electrons. The molecule has 2 amide bonds. The molecule has 4 aliphatic rings. The predicted octanol–water partition coefficient (Wildman–Crippen LogP) is 1.56. The number of nitrogen functional groups attached to an aromatic ring is 1. The number of nitrogens with two attached hydrogens (primary N) is 1. The van der Waals surface area contributed by atoms with Crippen LogP contribution in [0.1, 0.15) is 18.5 Å². The summed E-state index contributed by atoms with van der Waals surface area (Å²) in [5.41, 5.74) is 5.91. The van der Waals surface area contributed by atoms with Gasteiger partial charge in [-0.2, -0.15) is 0 Å². The van der Waals surface area contributed by atoms with Crippen molar-refractivity contribution < 1.29 is 29.2 Å². The topological polar surface area (TPSA) is 171 Å². The van der Waals surface area contributed by atoms with Gasteiger partial charge in [-0.25, -0.2) is 14.8 Å². The Kier molecular flexibility index (Phi) is 7.77. The summed E-state index contributed by atoms with van der Waals surface area (Å²) in [5.74, 6) is -0.605. The van der Waals surface area contributed by atoms with Gasteiger partial charge in [0.1, 0.15) is 22.8 Å². The van der Waals surface area contributed by atoms with Crippen LogP contribution in [0.3, 0.4) is 0 Å². The Morgan fingerprint density at radius 3 is 2.74 bits per heavy atom. The molecule has 0 aliphatic carbocycles. The van der Waals surface area contributed by atoms with Gasteiger partial charge in [0, 0.05) is 35.9 Å². The van der Waals surface area contributed by atoms with E-state index in [0.29, 0.717) is 17.1 Å². The standard InChI is InChI=1S/C22H25N7O5S4/c1-29(4-2-3-5-29)13-10-36-14(6-24-13)35-7-11-8-37-20-16(19(31)28(20)17(11)21(32)33)26-18(30)15(27-34)12-9-38-22(23)25-12/h6,9-10,14,16,20H,2-5,7-8H2,1H3,(H4-,23,25,26,30,32,33,34)/p+1/t14?,16-,20?/m1/s1. The number of thiazole rings is 1. The molecule has 4 aliphatic heterocycles. The largest absolute Gasteiger partial charge is 0.477 e. The van der Waals surface area contributed by atoms with Crippen molar-refractivity contribution >= 4 is 81.5 Å². The number of aliphatic imine (C=N–C) groups is 1. The van der Waals surface area contributed by atoms with E-state index in [1.165, 1.54) is 34.9 Å². The predicted molar refractivity (Wildman–Crippen MR) is 150 cm³/mol. The second-order valence-corrected chi connectivity index (χ2v) is 13.7. The Hall–Kier alpha value is -2.53. The van der Waals surface area contributed by atoms with Gasteiger partial charge in [0.2, 0.25) is 5.82 Å². The molecule has 1 aromatic rings. The molecule has 0 saturated carbocycles. The van der Waals surface area contributed by atoms with Crippen molar-refractivity contribution in [3.63, 3.8) is 0 Å². The summed E-state index contributed by atoms with van der Waals surface area (Å²) >= 11 is 5.70. The van der Waals surface area contributed by atoms with E-state index in [4.69, 9.17) is 10.7 Å². The van der Waals surface area contributed by atoms with Gasteiger partial charge in [-0.15, -0.1) is 46.6 Å². The van der Waals surface area contributed by atoms with E-state index in [1.54, 1.807) is 23.5 Å². The fourth-order valence-electron chi connectivity index (χ4n) is 4.74. The maximum Gasteiger partial charge on any atom is 0.352 e. The van der Waals surface area contributed by atoms with E-state index >= 15 is 0 Å². The number of carbonyl (C=O) groups is 3. The number of amides is 2. The molecule has 202 valence electrons. The summed E-state index contributed by atoms with van der Waals surface area (Å²) < 4.78 is 0.902. The Balaban J connectivity index is 1.22. The third-order valence-corrected chi connectivity index (χ3v) is 11.2. The monoisotopic (exact) mass is 596 g/mol. The summed E-state index contributed by atoms with van der Waals surface area (Å²) in [4.78, 5) is 47.7. The minimum Gasteiger partial charge on any atom is -0.477 e. The number of quaternary nitrogens is 1. The molecule has 3 atom stereocenters. The molecular formula is C22H26N7O5S4+. The lowest BCUT2D eigenvalue weighted by Gasteiger charge is -2.49. The van der Waals surface area contributed by atoms with Gasteiger partial charge in [-0.3, -0.25) is 19.0 Å². The van der Waals surface area contributed by atoms with Crippen LogP contribution in [0.2, 0.25) is 0 Å². The van der Waals surface area contributed by atoms with Crippen molar-refractivity contribution in [3.05, 3.63) is 33.6 Å². The molecule has 5 heterocycles. The van der Waals surface area contributed by atoms with Crippen LogP contribution in [0.4, 0.5) is 5.13 Å². The van der Waals surface area contributed by atoms with E-state index in [1.807, 2.05) is 6.21 Å². The smallest absolute Gasteiger partial charge is 0.352 e. The van der Waals surface area contributed by atoms with Crippen LogP contribution in [-0.4, -0.2) is 102 Å². The highest BCUT2D eigenvalue weighted by Crippen LogP contribution is 2.42. The number of rotatable bonds is 8. The van der Waals surface area contributed by atoms with Crippen molar-refractivity contribution in [1.29, 1.82) is 0 Å². The SMILES string of the molecule is C[N+]1(C2=CSC(SCC3=C(C(=O)O)N4C(=O)[C@@H](NC(=O)/C(=N\O)c5csc(N)n5)C4SC3)C=N2)CCCC1. The van der Waals surface area contributed by atoms with E-state index in [-0.39, 0.29) is 26.8 Å². The molecule has 16 heteroatoms. The zero-order valence-electron chi connectivity index (χ0n) is 20.3. The average Bonchev–Trinajstić information content (AvgIpc) is 3.55. The normalized spacial score (nSPS) is 26.6. The number of nitrogens with one attached hydrogen (secondary N) is 1. The van der Waals surface area contributed by atoms with Crippen LogP contribution in [0.5, 0.6) is 0 Å². The van der Waals surface area contributed by atoms with Crippen LogP contribution in [0.15, 0.2) is 38.0 Å². The number of hydrogen-bond donors (Lipinski definition) is 4. The van der Waals surface area contributed by atoms with Gasteiger partial charge in [0.05, 0.1) is 30.1 Å². The van der Waals surface area contributed by atoms with E-state index in [0.717, 1.165) is 34.7 Å². The van der Waals surface area contributed by atoms with Gasteiger partial charge >= 0.3 is 5.97 Å². The number of carbonyl (C=O) groups excluding carboxylic acids is 2. The number of nitrogens with zero attached hydrogens (tertiary/aromatic N) is 5. The number of carboxylic acid groups (broad SMARTS) is 1. The fourth-order valence-corrected chi connectivity index (χ4v) is 8.90. The van der Waals surface area contributed by atoms with Crippen LogP contribution in [0, 0.1) is 0 Å². The Labute approximate surface area is 235 Å². The molecular weight excluding hydrogens is 571 g/mol. The van der Waals surface area contributed by atoms with Gasteiger partial charge in [-0.1, -0.05) is 5.16 Å². The average molecular weight is 597 g/mol. The molecule has 12 nitrogen and oxygen atoms in total. The summed E-state index contributed by atoms with van der Waals surface area (Å²) in [7, 11) is 2.20. The van der Waals surface area contributed by atoms with E-state index < -0.39 is 29.2 Å². The number of anilines is 1. The first kappa shape index (κ1) is 27.1. The Morgan fingerprint density at radius 2 is 2.13 bits per heavy atom. The third kappa shape index (κ3) is 5.06. The molecule has 0 spiro atoms. The third-order valence-electron chi connectivity index (χ3n) is 6.78. The fraction of sp³-hybridized carbons (Fsp3) is 0.455. The molecule has 0 bridgehead atoms. The number of aliphatic carboxylic acids is 1. The molecule has 1 aromatic heterocycles. The lowest BCUT2D eigenvalue weighted by molar-refractivity contribution is -0.860. The van der Waals surface area contributed by atoms with E-state index in [2.05, 4.69) is 27.9 Å². The summed E-state index contributed by atoms with van der Waals surface area (Å²) in [6, 6.07) is -0.955. The molecule has 2 saturated heterocycles. The zero-order valence-corrected chi connectivity index (χ0v) is 23.5.